The van der Waals surface area contributed by atoms with Crippen LogP contribution in [-0.4, -0.2) is 72.0 Å². The smallest absolute Gasteiger partial charge is 0.313 e. The molecule has 36 heavy (non-hydrogen) atoms. The van der Waals surface area contributed by atoms with Crippen molar-refractivity contribution in [2.24, 2.45) is 0 Å². The Balaban J connectivity index is 1.91. The molecule has 1 rings (SSSR count). The SMILES string of the molecule is CCCCCCCOCCOCCOCCOCCOCCC(=O)Oc1c(F)c(F)c(F)c(F)c1F. The van der Waals surface area contributed by atoms with Crippen LogP contribution in [0.25, 0.3) is 0 Å². The third kappa shape index (κ3) is 13.4. The predicted octanol–water partition coefficient (Wildman–Crippen LogP) is 4.73. The van der Waals surface area contributed by atoms with Crippen molar-refractivity contribution in [3.8, 4) is 5.75 Å². The van der Waals surface area contributed by atoms with E-state index in [-0.39, 0.29) is 19.8 Å². The number of esters is 1. The second-order valence-corrected chi connectivity index (χ2v) is 7.60. The Hall–Kier alpha value is -1.86. The minimum atomic E-state index is -2.34. The molecule has 0 unspecified atom stereocenters. The summed E-state index contributed by atoms with van der Waals surface area (Å²) in [5.41, 5.74) is 0. The highest BCUT2D eigenvalue weighted by atomic mass is 19.2. The summed E-state index contributed by atoms with van der Waals surface area (Å²) in [5, 5.41) is 0. The number of hydrogen-bond acceptors (Lipinski definition) is 7. The largest absolute Gasteiger partial charge is 0.420 e. The minimum absolute atomic E-state index is 0.109. The van der Waals surface area contributed by atoms with Crippen molar-refractivity contribution in [3.63, 3.8) is 0 Å². The molecule has 0 saturated carbocycles. The van der Waals surface area contributed by atoms with Gasteiger partial charge in [0.05, 0.1) is 65.9 Å². The average molecular weight is 531 g/mol. The monoisotopic (exact) mass is 530 g/mol. The molecular formula is C24H35F5O7. The normalized spacial score (nSPS) is 11.3. The van der Waals surface area contributed by atoms with Gasteiger partial charge in [0.15, 0.2) is 0 Å². The summed E-state index contributed by atoms with van der Waals surface area (Å²) in [5.74, 6) is -14.0. The Kier molecular flexibility index (Phi) is 18.1. The second kappa shape index (κ2) is 20.2. The second-order valence-electron chi connectivity index (χ2n) is 7.60. The first-order chi connectivity index (χ1) is 17.4. The molecule has 0 aromatic heterocycles. The highest BCUT2D eigenvalue weighted by Gasteiger charge is 2.28. The molecule has 0 fully saturated rings. The van der Waals surface area contributed by atoms with Crippen molar-refractivity contribution in [2.45, 2.75) is 45.4 Å². The van der Waals surface area contributed by atoms with Crippen LogP contribution in [0.15, 0.2) is 0 Å². The number of unbranched alkanes of at least 4 members (excludes halogenated alkanes) is 4. The lowest BCUT2D eigenvalue weighted by Crippen LogP contribution is -2.16. The lowest BCUT2D eigenvalue weighted by atomic mass is 10.2. The molecule has 0 atom stereocenters. The van der Waals surface area contributed by atoms with Gasteiger partial charge in [0, 0.05) is 6.61 Å². The van der Waals surface area contributed by atoms with Crippen LogP contribution in [0, 0.1) is 29.1 Å². The number of ether oxygens (including phenoxy) is 6. The first kappa shape index (κ1) is 32.2. The van der Waals surface area contributed by atoms with E-state index in [0.717, 1.165) is 13.0 Å². The predicted molar refractivity (Wildman–Crippen MR) is 119 cm³/mol. The Morgan fingerprint density at radius 3 is 1.39 bits per heavy atom. The molecule has 1 aromatic rings. The van der Waals surface area contributed by atoms with E-state index >= 15 is 0 Å². The van der Waals surface area contributed by atoms with Crippen LogP contribution >= 0.6 is 0 Å². The van der Waals surface area contributed by atoms with Crippen molar-refractivity contribution in [1.82, 2.24) is 0 Å². The first-order valence-electron chi connectivity index (χ1n) is 12.0. The topological polar surface area (TPSA) is 72.5 Å². The Morgan fingerprint density at radius 1 is 0.528 bits per heavy atom. The molecular weight excluding hydrogens is 495 g/mol. The fourth-order valence-corrected chi connectivity index (χ4v) is 2.78. The highest BCUT2D eigenvalue weighted by molar-refractivity contribution is 5.72. The summed E-state index contributed by atoms with van der Waals surface area (Å²) < 4.78 is 96.9. The van der Waals surface area contributed by atoms with Gasteiger partial charge in [-0.1, -0.05) is 32.6 Å². The first-order valence-corrected chi connectivity index (χ1v) is 12.0. The van der Waals surface area contributed by atoms with Crippen LogP contribution in [0.2, 0.25) is 0 Å². The fraction of sp³-hybridized carbons (Fsp3) is 0.708. The Bertz CT molecular complexity index is 723. The van der Waals surface area contributed by atoms with Gasteiger partial charge < -0.3 is 28.4 Å². The molecule has 0 aliphatic heterocycles. The van der Waals surface area contributed by atoms with Gasteiger partial charge in [-0.25, -0.2) is 13.2 Å². The lowest BCUT2D eigenvalue weighted by molar-refractivity contribution is -0.136. The molecule has 208 valence electrons. The van der Waals surface area contributed by atoms with Crippen molar-refractivity contribution in [1.29, 1.82) is 0 Å². The number of carbonyl (C=O) groups is 1. The molecule has 0 bridgehead atoms. The Morgan fingerprint density at radius 2 is 0.917 bits per heavy atom. The number of rotatable bonds is 22. The molecule has 0 heterocycles. The quantitative estimate of drug-likeness (QED) is 0.0536. The molecule has 0 spiro atoms. The number of hydrogen-bond donors (Lipinski definition) is 0. The number of halogens is 5. The minimum Gasteiger partial charge on any atom is -0.420 e. The lowest BCUT2D eigenvalue weighted by Gasteiger charge is -2.09. The zero-order valence-corrected chi connectivity index (χ0v) is 20.6. The van der Waals surface area contributed by atoms with Gasteiger partial charge in [0.2, 0.25) is 34.8 Å². The summed E-state index contributed by atoms with van der Waals surface area (Å²) in [4.78, 5) is 11.6. The summed E-state index contributed by atoms with van der Waals surface area (Å²) in [6.45, 7) is 5.65. The molecule has 12 heteroatoms. The summed E-state index contributed by atoms with van der Waals surface area (Å²) in [6.07, 6.45) is 5.55. The molecule has 0 aliphatic rings. The van der Waals surface area contributed by atoms with Crippen LogP contribution in [-0.2, 0) is 28.5 Å². The number of carbonyl (C=O) groups excluding carboxylic acids is 1. The molecule has 7 nitrogen and oxygen atoms in total. The van der Waals surface area contributed by atoms with Crippen LogP contribution in [0.3, 0.4) is 0 Å². The van der Waals surface area contributed by atoms with E-state index in [4.69, 9.17) is 23.7 Å². The van der Waals surface area contributed by atoms with Crippen LogP contribution < -0.4 is 4.74 Å². The van der Waals surface area contributed by atoms with E-state index in [1.54, 1.807) is 0 Å². The van der Waals surface area contributed by atoms with Crippen LogP contribution in [0.4, 0.5) is 22.0 Å². The summed E-state index contributed by atoms with van der Waals surface area (Å²) >= 11 is 0. The van der Waals surface area contributed by atoms with Crippen molar-refractivity contribution in [3.05, 3.63) is 29.1 Å². The number of benzene rings is 1. The maximum atomic E-state index is 13.5. The van der Waals surface area contributed by atoms with Gasteiger partial charge in [-0.3, -0.25) is 4.79 Å². The van der Waals surface area contributed by atoms with E-state index in [1.807, 2.05) is 0 Å². The third-order valence-electron chi connectivity index (χ3n) is 4.72. The van der Waals surface area contributed by atoms with Gasteiger partial charge in [0.25, 0.3) is 0 Å². The zero-order valence-electron chi connectivity index (χ0n) is 20.6. The summed E-state index contributed by atoms with van der Waals surface area (Å²) in [7, 11) is 0. The fourth-order valence-electron chi connectivity index (χ4n) is 2.78. The van der Waals surface area contributed by atoms with E-state index in [1.165, 1.54) is 25.7 Å². The van der Waals surface area contributed by atoms with Gasteiger partial charge in [0.1, 0.15) is 0 Å². The van der Waals surface area contributed by atoms with Crippen LogP contribution in [0.1, 0.15) is 45.4 Å². The third-order valence-corrected chi connectivity index (χ3v) is 4.72. The van der Waals surface area contributed by atoms with Crippen molar-refractivity contribution in [2.75, 3.05) is 66.1 Å². The maximum absolute atomic E-state index is 13.5. The molecule has 0 saturated heterocycles. The van der Waals surface area contributed by atoms with E-state index in [2.05, 4.69) is 11.7 Å². The van der Waals surface area contributed by atoms with E-state index in [9.17, 15) is 26.7 Å². The molecule has 1 aromatic carbocycles. The highest BCUT2D eigenvalue weighted by Crippen LogP contribution is 2.29. The van der Waals surface area contributed by atoms with Gasteiger partial charge in [-0.15, -0.1) is 0 Å². The van der Waals surface area contributed by atoms with Gasteiger partial charge in [-0.05, 0) is 6.42 Å². The average Bonchev–Trinajstić information content (AvgIpc) is 2.87. The van der Waals surface area contributed by atoms with Gasteiger partial charge >= 0.3 is 5.97 Å². The van der Waals surface area contributed by atoms with Crippen molar-refractivity contribution >= 4 is 5.97 Å². The van der Waals surface area contributed by atoms with E-state index < -0.39 is 47.2 Å². The maximum Gasteiger partial charge on any atom is 0.313 e. The Labute approximate surface area is 208 Å². The van der Waals surface area contributed by atoms with Crippen molar-refractivity contribution < 1.29 is 55.2 Å². The van der Waals surface area contributed by atoms with Crippen LogP contribution in [0.5, 0.6) is 5.75 Å². The molecule has 0 N–H and O–H groups in total. The standard InChI is InChI=1S/C24H35F5O7/c1-2-3-4-5-6-8-31-10-12-33-14-16-35-17-15-34-13-11-32-9-7-18(30)36-24-22(28)20(26)19(25)21(27)23(24)29/h2-17H2,1H3. The molecule has 0 aliphatic carbocycles. The van der Waals surface area contributed by atoms with Gasteiger partial charge in [-0.2, -0.15) is 8.78 Å². The molecule has 0 radical (unpaired) electrons. The molecule has 0 amide bonds. The zero-order chi connectivity index (χ0) is 26.6. The van der Waals surface area contributed by atoms with E-state index in [0.29, 0.717) is 39.6 Å². The summed E-state index contributed by atoms with van der Waals surface area (Å²) in [6, 6.07) is 0.